The van der Waals surface area contributed by atoms with Crippen molar-refractivity contribution >= 4 is 74.8 Å². The van der Waals surface area contributed by atoms with Gasteiger partial charge in [0.25, 0.3) is 5.91 Å². The molecule has 0 spiro atoms. The molecule has 0 aliphatic heterocycles. The van der Waals surface area contributed by atoms with Crippen LogP contribution in [0.25, 0.3) is 33.9 Å². The van der Waals surface area contributed by atoms with E-state index in [-0.39, 0.29) is 10.9 Å². The number of furan rings is 1. The number of rotatable bonds is 5. The molecule has 1 amide bonds. The fraction of sp³-hybridized carbons (Fsp3) is 0.107. The minimum atomic E-state index is -0.536. The number of thiocarbonyl (C=S) groups is 1. The van der Waals surface area contributed by atoms with Gasteiger partial charge in [0.1, 0.15) is 11.3 Å². The molecule has 2 N–H and O–H groups in total. The molecule has 0 bridgehead atoms. The van der Waals surface area contributed by atoms with Gasteiger partial charge in [-0.2, -0.15) is 0 Å². The van der Waals surface area contributed by atoms with Crippen LogP contribution in [-0.2, 0) is 0 Å². The molecule has 3 aromatic carbocycles. The highest BCUT2D eigenvalue weighted by atomic mass is 35.5. The van der Waals surface area contributed by atoms with E-state index < -0.39 is 5.91 Å². The van der Waals surface area contributed by atoms with Gasteiger partial charge in [-0.3, -0.25) is 10.1 Å². The van der Waals surface area contributed by atoms with E-state index in [0.717, 1.165) is 5.52 Å². The number of hydrogen-bond acceptors (Lipinski definition) is 5. The number of carbonyl (C=O) groups excluding carboxylic acids is 1. The maximum Gasteiger partial charge on any atom is 0.293 e. The van der Waals surface area contributed by atoms with Crippen LogP contribution in [0.3, 0.4) is 0 Å². The molecule has 2 aromatic heterocycles. The Labute approximate surface area is 238 Å². The van der Waals surface area contributed by atoms with Gasteiger partial charge in [0.05, 0.1) is 15.7 Å². The average Bonchev–Trinajstić information content (AvgIpc) is 3.52. The van der Waals surface area contributed by atoms with Crippen LogP contribution in [-0.4, -0.2) is 16.0 Å². The van der Waals surface area contributed by atoms with Crippen molar-refractivity contribution < 1.29 is 13.6 Å². The van der Waals surface area contributed by atoms with Gasteiger partial charge in [-0.25, -0.2) is 4.98 Å². The number of amides is 1. The molecule has 0 radical (unpaired) electrons. The van der Waals surface area contributed by atoms with Gasteiger partial charge in [0.15, 0.2) is 16.5 Å². The van der Waals surface area contributed by atoms with E-state index in [1.54, 1.807) is 42.5 Å². The molecular formula is C28H20Cl3N3O3S. The second kappa shape index (κ2) is 10.8. The van der Waals surface area contributed by atoms with E-state index >= 15 is 0 Å². The van der Waals surface area contributed by atoms with E-state index in [1.165, 1.54) is 11.6 Å². The molecule has 0 aliphatic rings. The Morgan fingerprint density at radius 3 is 2.50 bits per heavy atom. The molecule has 38 heavy (non-hydrogen) atoms. The summed E-state index contributed by atoms with van der Waals surface area (Å²) in [5.74, 6) is 0.767. The summed E-state index contributed by atoms with van der Waals surface area (Å²) in [6.07, 6.45) is 0. The highest BCUT2D eigenvalue weighted by Gasteiger charge is 2.17. The monoisotopic (exact) mass is 583 g/mol. The Morgan fingerprint density at radius 2 is 1.74 bits per heavy atom. The second-order valence-corrected chi connectivity index (χ2v) is 10.5. The van der Waals surface area contributed by atoms with Gasteiger partial charge in [-0.15, -0.1) is 0 Å². The van der Waals surface area contributed by atoms with E-state index in [4.69, 9.17) is 55.9 Å². The summed E-state index contributed by atoms with van der Waals surface area (Å²) < 4.78 is 11.6. The van der Waals surface area contributed by atoms with Crippen molar-refractivity contribution in [1.82, 2.24) is 10.3 Å². The van der Waals surface area contributed by atoms with Crippen LogP contribution < -0.4 is 10.6 Å². The average molecular weight is 585 g/mol. The maximum absolute atomic E-state index is 12.7. The zero-order valence-corrected chi connectivity index (χ0v) is 23.2. The lowest BCUT2D eigenvalue weighted by Gasteiger charge is -2.11. The molecule has 0 saturated heterocycles. The van der Waals surface area contributed by atoms with Crippen LogP contribution in [0.5, 0.6) is 0 Å². The Bertz CT molecular complexity index is 1690. The minimum absolute atomic E-state index is 0.0377. The molecule has 5 aromatic rings. The summed E-state index contributed by atoms with van der Waals surface area (Å²) in [6.45, 7) is 4.25. The molecule has 5 rings (SSSR count). The van der Waals surface area contributed by atoms with Crippen LogP contribution in [0.1, 0.15) is 35.9 Å². The van der Waals surface area contributed by atoms with Crippen molar-refractivity contribution in [2.75, 3.05) is 5.32 Å². The highest BCUT2D eigenvalue weighted by molar-refractivity contribution is 7.80. The summed E-state index contributed by atoms with van der Waals surface area (Å²) in [5, 5.41) is 6.89. The molecule has 10 heteroatoms. The maximum atomic E-state index is 12.7. The summed E-state index contributed by atoms with van der Waals surface area (Å²) in [4.78, 5) is 17.4. The Morgan fingerprint density at radius 1 is 0.921 bits per heavy atom. The highest BCUT2D eigenvalue weighted by Crippen LogP contribution is 2.33. The van der Waals surface area contributed by atoms with Gasteiger partial charge in [0.2, 0.25) is 5.89 Å². The van der Waals surface area contributed by atoms with Crippen LogP contribution in [0, 0.1) is 0 Å². The second-order valence-electron chi connectivity index (χ2n) is 8.79. The largest absolute Gasteiger partial charge is 0.451 e. The van der Waals surface area contributed by atoms with Crippen LogP contribution in [0.4, 0.5) is 5.69 Å². The van der Waals surface area contributed by atoms with Crippen molar-refractivity contribution in [1.29, 1.82) is 0 Å². The number of nitrogens with zero attached hydrogens (tertiary/aromatic N) is 1. The number of nitrogens with one attached hydrogen (secondary N) is 2. The van der Waals surface area contributed by atoms with Gasteiger partial charge >= 0.3 is 0 Å². The van der Waals surface area contributed by atoms with Crippen LogP contribution >= 0.6 is 47.0 Å². The summed E-state index contributed by atoms with van der Waals surface area (Å²) in [6, 6.07) is 19.4. The SMILES string of the molecule is CC(C)c1ccc2oc(-c3ccc(Cl)c(NC(=S)NC(=O)c4ccc(-c5ccc(Cl)cc5Cl)o4)c3)nc2c1. The van der Waals surface area contributed by atoms with E-state index in [0.29, 0.717) is 55.0 Å². The third-order valence-electron chi connectivity index (χ3n) is 5.79. The Balaban J connectivity index is 1.30. The lowest BCUT2D eigenvalue weighted by Crippen LogP contribution is -2.34. The first-order valence-electron chi connectivity index (χ1n) is 11.6. The molecule has 0 unspecified atom stereocenters. The number of oxazole rings is 1. The van der Waals surface area contributed by atoms with E-state index in [9.17, 15) is 4.79 Å². The van der Waals surface area contributed by atoms with Gasteiger partial charge in [-0.1, -0.05) is 54.7 Å². The lowest BCUT2D eigenvalue weighted by molar-refractivity contribution is 0.0951. The molecule has 6 nitrogen and oxygen atoms in total. The lowest BCUT2D eigenvalue weighted by atomic mass is 10.0. The molecule has 2 heterocycles. The summed E-state index contributed by atoms with van der Waals surface area (Å²) >= 11 is 23.9. The standard InChI is InChI=1S/C28H20Cl3N3O3S/c1-14(2)15-4-8-24-22(11-15)32-27(37-24)16-3-7-19(30)21(12-16)33-28(38)34-26(35)25-10-9-23(36-25)18-6-5-17(29)13-20(18)31/h3-14H,1-2H3,(H2,33,34,35,38). The first-order valence-corrected chi connectivity index (χ1v) is 13.1. The van der Waals surface area contributed by atoms with Crippen molar-refractivity contribution in [3.05, 3.63) is 93.1 Å². The van der Waals surface area contributed by atoms with Crippen LogP contribution in [0.2, 0.25) is 15.1 Å². The summed E-state index contributed by atoms with van der Waals surface area (Å²) in [5.41, 5.74) is 4.43. The number of aromatic nitrogens is 1. The molecule has 0 aliphatic carbocycles. The Hall–Kier alpha value is -3.36. The minimum Gasteiger partial charge on any atom is -0.451 e. The van der Waals surface area contributed by atoms with Gasteiger partial charge in [-0.05, 0) is 84.4 Å². The molecule has 192 valence electrons. The van der Waals surface area contributed by atoms with Gasteiger partial charge in [0, 0.05) is 16.1 Å². The van der Waals surface area contributed by atoms with Gasteiger partial charge < -0.3 is 14.2 Å². The number of halogens is 3. The number of anilines is 1. The predicted octanol–water partition coefficient (Wildman–Crippen LogP) is 8.97. The molecular weight excluding hydrogens is 565 g/mol. The number of benzene rings is 3. The first-order chi connectivity index (χ1) is 18.2. The smallest absolute Gasteiger partial charge is 0.293 e. The fourth-order valence-electron chi connectivity index (χ4n) is 3.79. The topological polar surface area (TPSA) is 80.3 Å². The van der Waals surface area contributed by atoms with Crippen molar-refractivity contribution in [2.45, 2.75) is 19.8 Å². The third kappa shape index (κ3) is 5.56. The zero-order valence-electron chi connectivity index (χ0n) is 20.1. The molecule has 0 saturated carbocycles. The number of carbonyl (C=O) groups is 1. The quantitative estimate of drug-likeness (QED) is 0.201. The zero-order chi connectivity index (χ0) is 27.0. The third-order valence-corrected chi connectivity index (χ3v) is 6.87. The normalized spacial score (nSPS) is 11.2. The molecule has 0 atom stereocenters. The molecule has 0 fully saturated rings. The summed E-state index contributed by atoms with van der Waals surface area (Å²) in [7, 11) is 0. The van der Waals surface area contributed by atoms with Crippen molar-refractivity contribution in [3.63, 3.8) is 0 Å². The van der Waals surface area contributed by atoms with Crippen molar-refractivity contribution in [3.8, 4) is 22.8 Å². The number of hydrogen-bond donors (Lipinski definition) is 2. The first kappa shape index (κ1) is 26.3. The predicted molar refractivity (Wildman–Crippen MR) is 156 cm³/mol. The van der Waals surface area contributed by atoms with E-state index in [1.807, 2.05) is 18.2 Å². The van der Waals surface area contributed by atoms with Crippen molar-refractivity contribution in [2.24, 2.45) is 0 Å². The number of fused-ring (bicyclic) bond motifs is 1. The Kier molecular flexibility index (Phi) is 7.45. The fourth-order valence-corrected chi connectivity index (χ4v) is 4.66. The van der Waals surface area contributed by atoms with E-state index in [2.05, 4.69) is 29.5 Å². The van der Waals surface area contributed by atoms with Crippen LogP contribution in [0.15, 0.2) is 75.6 Å².